The van der Waals surface area contributed by atoms with E-state index in [-0.39, 0.29) is 5.91 Å². The summed E-state index contributed by atoms with van der Waals surface area (Å²) in [4.78, 5) is 17.5. The molecule has 0 aliphatic rings. The number of amides is 1. The number of carbonyl (C=O) groups excluding carboxylic acids is 1. The Morgan fingerprint density at radius 3 is 2.61 bits per heavy atom. The van der Waals surface area contributed by atoms with E-state index in [1.165, 1.54) is 11.3 Å². The molecule has 0 unspecified atom stereocenters. The van der Waals surface area contributed by atoms with Crippen LogP contribution in [-0.2, 0) is 6.54 Å². The molecule has 1 aromatic carbocycles. The lowest BCUT2D eigenvalue weighted by atomic mass is 10.2. The Kier molecular flexibility index (Phi) is 4.25. The Labute approximate surface area is 139 Å². The van der Waals surface area contributed by atoms with E-state index >= 15 is 0 Å². The molecule has 0 aliphatic carbocycles. The van der Waals surface area contributed by atoms with E-state index in [2.05, 4.69) is 15.4 Å². The molecule has 1 amide bonds. The van der Waals surface area contributed by atoms with E-state index < -0.39 is 0 Å². The van der Waals surface area contributed by atoms with Crippen LogP contribution in [0.5, 0.6) is 0 Å². The van der Waals surface area contributed by atoms with E-state index in [0.29, 0.717) is 11.4 Å². The van der Waals surface area contributed by atoms with Gasteiger partial charge in [0, 0.05) is 12.2 Å². The highest BCUT2D eigenvalue weighted by Gasteiger charge is 2.17. The summed E-state index contributed by atoms with van der Waals surface area (Å²) in [5.74, 6) is -0.100. The molecule has 0 radical (unpaired) electrons. The van der Waals surface area contributed by atoms with Gasteiger partial charge in [-0.05, 0) is 32.4 Å². The molecule has 3 aromatic rings. The van der Waals surface area contributed by atoms with Crippen LogP contribution in [0.25, 0.3) is 5.13 Å². The Morgan fingerprint density at radius 2 is 1.96 bits per heavy atom. The van der Waals surface area contributed by atoms with Crippen molar-refractivity contribution < 1.29 is 4.79 Å². The fourth-order valence-corrected chi connectivity index (χ4v) is 3.36. The zero-order valence-electron chi connectivity index (χ0n) is 13.3. The van der Waals surface area contributed by atoms with E-state index in [4.69, 9.17) is 0 Å². The molecule has 23 heavy (non-hydrogen) atoms. The molecule has 0 bridgehead atoms. The molecular weight excluding hydrogens is 308 g/mol. The summed E-state index contributed by atoms with van der Waals surface area (Å²) in [6.45, 7) is 6.28. The molecule has 0 aliphatic heterocycles. The number of benzene rings is 1. The highest BCUT2D eigenvalue weighted by Crippen LogP contribution is 2.22. The van der Waals surface area contributed by atoms with Crippen LogP contribution in [0, 0.1) is 20.8 Å². The maximum absolute atomic E-state index is 12.4. The minimum absolute atomic E-state index is 0.100. The first-order valence-electron chi connectivity index (χ1n) is 7.38. The molecular formula is C17H18N4OS. The third-order valence-electron chi connectivity index (χ3n) is 3.48. The van der Waals surface area contributed by atoms with Gasteiger partial charge in [-0.25, -0.2) is 9.67 Å². The Hall–Kier alpha value is -2.47. The maximum atomic E-state index is 12.4. The molecule has 0 atom stereocenters. The molecule has 5 nitrogen and oxygen atoms in total. The standard InChI is InChI=1S/C17H18N4OS/c1-11-9-12(2)21(20-11)17-19-13(3)15(23-17)16(22)18-10-14-7-5-4-6-8-14/h4-9H,10H2,1-3H3,(H,18,22). The highest BCUT2D eigenvalue weighted by molar-refractivity contribution is 7.16. The lowest BCUT2D eigenvalue weighted by molar-refractivity contribution is 0.0954. The normalized spacial score (nSPS) is 10.7. The first kappa shape index (κ1) is 15.4. The highest BCUT2D eigenvalue weighted by atomic mass is 32.1. The van der Waals surface area contributed by atoms with Crippen LogP contribution in [-0.4, -0.2) is 20.7 Å². The molecule has 2 aromatic heterocycles. The number of hydrogen-bond donors (Lipinski definition) is 1. The van der Waals surface area contributed by atoms with E-state index in [1.807, 2.05) is 57.2 Å². The smallest absolute Gasteiger partial charge is 0.263 e. The van der Waals surface area contributed by atoms with Crippen molar-refractivity contribution in [2.75, 3.05) is 0 Å². The topological polar surface area (TPSA) is 59.8 Å². The maximum Gasteiger partial charge on any atom is 0.263 e. The van der Waals surface area contributed by atoms with Crippen LogP contribution >= 0.6 is 11.3 Å². The average Bonchev–Trinajstić information content (AvgIpc) is 3.08. The molecule has 0 saturated carbocycles. The van der Waals surface area contributed by atoms with Crippen molar-refractivity contribution >= 4 is 17.2 Å². The van der Waals surface area contributed by atoms with Gasteiger partial charge >= 0.3 is 0 Å². The van der Waals surface area contributed by atoms with Crippen molar-refractivity contribution in [2.24, 2.45) is 0 Å². The van der Waals surface area contributed by atoms with Gasteiger partial charge in [-0.1, -0.05) is 41.7 Å². The predicted molar refractivity (Wildman–Crippen MR) is 91.1 cm³/mol. The second-order valence-corrected chi connectivity index (χ2v) is 6.40. The molecule has 6 heteroatoms. The van der Waals surface area contributed by atoms with Crippen molar-refractivity contribution in [3.05, 3.63) is 63.9 Å². The van der Waals surface area contributed by atoms with Crippen LogP contribution < -0.4 is 5.32 Å². The van der Waals surface area contributed by atoms with Crippen molar-refractivity contribution in [3.8, 4) is 5.13 Å². The first-order chi connectivity index (χ1) is 11.0. The van der Waals surface area contributed by atoms with E-state index in [1.54, 1.807) is 4.68 Å². The lowest BCUT2D eigenvalue weighted by Gasteiger charge is -2.03. The van der Waals surface area contributed by atoms with Crippen molar-refractivity contribution in [3.63, 3.8) is 0 Å². The van der Waals surface area contributed by atoms with Gasteiger partial charge in [-0.2, -0.15) is 5.10 Å². The molecule has 1 N–H and O–H groups in total. The third kappa shape index (κ3) is 3.32. The number of carbonyl (C=O) groups is 1. The number of hydrogen-bond acceptors (Lipinski definition) is 4. The summed E-state index contributed by atoms with van der Waals surface area (Å²) in [5, 5.41) is 8.08. The largest absolute Gasteiger partial charge is 0.347 e. The quantitative estimate of drug-likeness (QED) is 0.801. The summed E-state index contributed by atoms with van der Waals surface area (Å²) >= 11 is 1.36. The molecule has 2 heterocycles. The first-order valence-corrected chi connectivity index (χ1v) is 8.19. The van der Waals surface area contributed by atoms with Gasteiger partial charge in [-0.15, -0.1) is 0 Å². The minimum atomic E-state index is -0.100. The Balaban J connectivity index is 1.78. The number of nitrogens with one attached hydrogen (secondary N) is 1. The van der Waals surface area contributed by atoms with Gasteiger partial charge in [0.05, 0.1) is 11.4 Å². The molecule has 0 fully saturated rings. The number of aromatic nitrogens is 3. The van der Waals surface area contributed by atoms with Gasteiger partial charge in [-0.3, -0.25) is 4.79 Å². The van der Waals surface area contributed by atoms with Crippen LogP contribution in [0.15, 0.2) is 36.4 Å². The fraction of sp³-hybridized carbons (Fsp3) is 0.235. The van der Waals surface area contributed by atoms with Crippen molar-refractivity contribution in [1.29, 1.82) is 0 Å². The molecule has 3 rings (SSSR count). The Morgan fingerprint density at radius 1 is 1.22 bits per heavy atom. The van der Waals surface area contributed by atoms with Crippen LogP contribution in [0.1, 0.15) is 32.3 Å². The summed E-state index contributed by atoms with van der Waals surface area (Å²) in [5.41, 5.74) is 3.74. The zero-order chi connectivity index (χ0) is 16.4. The average molecular weight is 326 g/mol. The van der Waals surface area contributed by atoms with Gasteiger partial charge < -0.3 is 5.32 Å². The second kappa shape index (κ2) is 6.34. The zero-order valence-corrected chi connectivity index (χ0v) is 14.1. The lowest BCUT2D eigenvalue weighted by Crippen LogP contribution is -2.22. The van der Waals surface area contributed by atoms with Crippen LogP contribution in [0.4, 0.5) is 0 Å². The molecule has 118 valence electrons. The summed E-state index contributed by atoms with van der Waals surface area (Å²) in [6.07, 6.45) is 0. The van der Waals surface area contributed by atoms with E-state index in [0.717, 1.165) is 27.8 Å². The number of rotatable bonds is 4. The predicted octanol–water partition coefficient (Wildman–Crippen LogP) is 3.18. The van der Waals surface area contributed by atoms with Gasteiger partial charge in [0.1, 0.15) is 4.88 Å². The van der Waals surface area contributed by atoms with Crippen LogP contribution in [0.3, 0.4) is 0 Å². The SMILES string of the molecule is Cc1cc(C)n(-c2nc(C)c(C(=O)NCc3ccccc3)s2)n1. The van der Waals surface area contributed by atoms with Gasteiger partial charge in [0.25, 0.3) is 5.91 Å². The fourth-order valence-electron chi connectivity index (χ4n) is 2.36. The van der Waals surface area contributed by atoms with Crippen molar-refractivity contribution in [2.45, 2.75) is 27.3 Å². The third-order valence-corrected chi connectivity index (χ3v) is 4.61. The van der Waals surface area contributed by atoms with E-state index in [9.17, 15) is 4.79 Å². The summed E-state index contributed by atoms with van der Waals surface area (Å²) in [6, 6.07) is 11.8. The molecule has 0 spiro atoms. The minimum Gasteiger partial charge on any atom is -0.347 e. The number of nitrogens with zero attached hydrogens (tertiary/aromatic N) is 3. The van der Waals surface area contributed by atoms with Crippen molar-refractivity contribution in [1.82, 2.24) is 20.1 Å². The Bertz CT molecular complexity index is 836. The summed E-state index contributed by atoms with van der Waals surface area (Å²) in [7, 11) is 0. The van der Waals surface area contributed by atoms with Gasteiger partial charge in [0.2, 0.25) is 5.13 Å². The second-order valence-electron chi connectivity index (χ2n) is 5.42. The number of aryl methyl sites for hydroxylation is 3. The molecule has 0 saturated heterocycles. The van der Waals surface area contributed by atoms with Crippen LogP contribution in [0.2, 0.25) is 0 Å². The monoisotopic (exact) mass is 326 g/mol. The van der Waals surface area contributed by atoms with Gasteiger partial charge in [0.15, 0.2) is 0 Å². The summed E-state index contributed by atoms with van der Waals surface area (Å²) < 4.78 is 1.78. The number of thiazole rings is 1.